The maximum Gasteiger partial charge on any atom is 0.340 e. The van der Waals surface area contributed by atoms with Crippen molar-refractivity contribution >= 4 is 46.5 Å². The molecule has 0 aliphatic carbocycles. The van der Waals surface area contributed by atoms with Gasteiger partial charge in [0.15, 0.2) is 0 Å². The largest absolute Gasteiger partial charge is 0.462 e. The fourth-order valence-corrected chi connectivity index (χ4v) is 3.30. The molecule has 2 N–H and O–H groups in total. The van der Waals surface area contributed by atoms with E-state index in [0.717, 1.165) is 0 Å². The van der Waals surface area contributed by atoms with Crippen molar-refractivity contribution in [2.24, 2.45) is 0 Å². The van der Waals surface area contributed by atoms with Gasteiger partial charge in [-0.2, -0.15) is 0 Å². The van der Waals surface area contributed by atoms with E-state index in [0.29, 0.717) is 46.0 Å². The summed E-state index contributed by atoms with van der Waals surface area (Å²) >= 11 is 12.3. The average Bonchev–Trinajstić information content (AvgIpc) is 2.77. The van der Waals surface area contributed by atoms with Gasteiger partial charge in [-0.05, 0) is 43.3 Å². The number of ether oxygens (including phenoxy) is 1. The van der Waals surface area contributed by atoms with Gasteiger partial charge in [-0.15, -0.1) is 0 Å². The lowest BCUT2D eigenvalue weighted by molar-refractivity contribution is -0.385. The molecule has 9 nitrogen and oxygen atoms in total. The molecule has 0 aliphatic rings. The van der Waals surface area contributed by atoms with Crippen LogP contribution in [0.1, 0.15) is 17.3 Å². The van der Waals surface area contributed by atoms with E-state index in [2.05, 4.69) is 20.6 Å². The highest BCUT2D eigenvalue weighted by Gasteiger charge is 2.18. The topological polar surface area (TPSA) is 119 Å². The maximum atomic E-state index is 12.4. The molecule has 166 valence electrons. The fraction of sp³-hybridized carbons (Fsp3) is 0.190. The number of nitrogens with one attached hydrogen (secondary N) is 2. The van der Waals surface area contributed by atoms with Crippen molar-refractivity contribution in [1.29, 1.82) is 0 Å². The summed E-state index contributed by atoms with van der Waals surface area (Å²) < 4.78 is 5.14. The van der Waals surface area contributed by atoms with Crippen LogP contribution in [0.25, 0.3) is 11.3 Å². The Morgan fingerprint density at radius 1 is 1.09 bits per heavy atom. The van der Waals surface area contributed by atoms with E-state index in [1.54, 1.807) is 37.3 Å². The van der Waals surface area contributed by atoms with Gasteiger partial charge in [-0.3, -0.25) is 10.1 Å². The monoisotopic (exact) mass is 475 g/mol. The van der Waals surface area contributed by atoms with Crippen LogP contribution in [0.5, 0.6) is 0 Å². The standard InChI is InChI=1S/C21H19Cl2N5O4/c1-2-32-21(29)16-6-8-19(27-20(16)15-5-3-13(22)11-17(15)23)25-10-9-24-18-7-4-14(12-26-18)28(30)31/h3-8,11-12H,2,9-10H2,1H3,(H,24,26)(H,25,27). The normalized spacial score (nSPS) is 10.5. The van der Waals surface area contributed by atoms with E-state index in [1.807, 2.05) is 0 Å². The maximum absolute atomic E-state index is 12.4. The van der Waals surface area contributed by atoms with E-state index < -0.39 is 10.9 Å². The third-order valence-corrected chi connectivity index (χ3v) is 4.82. The summed E-state index contributed by atoms with van der Waals surface area (Å²) in [6, 6.07) is 11.1. The Morgan fingerprint density at radius 3 is 2.44 bits per heavy atom. The number of nitro groups is 1. The molecule has 0 bridgehead atoms. The Labute approximate surface area is 193 Å². The minimum absolute atomic E-state index is 0.0760. The predicted molar refractivity (Wildman–Crippen MR) is 124 cm³/mol. The minimum atomic E-state index is -0.505. The first-order valence-electron chi connectivity index (χ1n) is 9.60. The summed E-state index contributed by atoms with van der Waals surface area (Å²) in [5, 5.41) is 17.7. The van der Waals surface area contributed by atoms with Gasteiger partial charge in [0.25, 0.3) is 5.69 Å². The second kappa shape index (κ2) is 10.7. The lowest BCUT2D eigenvalue weighted by Gasteiger charge is -2.13. The molecule has 0 radical (unpaired) electrons. The number of benzene rings is 1. The van der Waals surface area contributed by atoms with Crippen LogP contribution in [0, 0.1) is 10.1 Å². The van der Waals surface area contributed by atoms with Gasteiger partial charge in [0.1, 0.15) is 17.8 Å². The summed E-state index contributed by atoms with van der Waals surface area (Å²) in [5.41, 5.74) is 1.14. The molecule has 3 rings (SSSR count). The first-order valence-corrected chi connectivity index (χ1v) is 10.4. The highest BCUT2D eigenvalue weighted by atomic mass is 35.5. The van der Waals surface area contributed by atoms with Crippen molar-refractivity contribution in [3.05, 3.63) is 74.4 Å². The van der Waals surface area contributed by atoms with Crippen molar-refractivity contribution in [1.82, 2.24) is 9.97 Å². The molecule has 11 heteroatoms. The van der Waals surface area contributed by atoms with Crippen LogP contribution >= 0.6 is 23.2 Å². The second-order valence-corrected chi connectivity index (χ2v) is 7.29. The quantitative estimate of drug-likeness (QED) is 0.190. The average molecular weight is 476 g/mol. The van der Waals surface area contributed by atoms with Crippen molar-refractivity contribution in [3.63, 3.8) is 0 Å². The summed E-state index contributed by atoms with van der Waals surface area (Å²) in [4.78, 5) is 31.1. The number of nitrogens with zero attached hydrogens (tertiary/aromatic N) is 3. The summed E-state index contributed by atoms with van der Waals surface area (Å²) in [5.74, 6) is 0.535. The zero-order valence-electron chi connectivity index (χ0n) is 17.0. The van der Waals surface area contributed by atoms with Crippen molar-refractivity contribution in [3.8, 4) is 11.3 Å². The predicted octanol–water partition coefficient (Wildman–Crippen LogP) is 5.06. The SMILES string of the molecule is CCOC(=O)c1ccc(NCCNc2ccc([N+](=O)[O-])cn2)nc1-c1ccc(Cl)cc1Cl. The van der Waals surface area contributed by atoms with Crippen LogP contribution in [0.3, 0.4) is 0 Å². The van der Waals surface area contributed by atoms with Crippen molar-refractivity contribution in [2.45, 2.75) is 6.92 Å². The molecular formula is C21H19Cl2N5O4. The molecule has 0 saturated carbocycles. The fourth-order valence-electron chi connectivity index (χ4n) is 2.80. The Balaban J connectivity index is 1.73. The summed E-state index contributed by atoms with van der Waals surface area (Å²) in [7, 11) is 0. The molecule has 0 saturated heterocycles. The van der Waals surface area contributed by atoms with Crippen LogP contribution < -0.4 is 10.6 Å². The highest BCUT2D eigenvalue weighted by molar-refractivity contribution is 6.36. The number of esters is 1. The van der Waals surface area contributed by atoms with E-state index in [4.69, 9.17) is 27.9 Å². The molecule has 0 spiro atoms. The number of anilines is 2. The van der Waals surface area contributed by atoms with Gasteiger partial charge in [0.2, 0.25) is 0 Å². The number of halogens is 2. The Bertz CT molecular complexity index is 1130. The van der Waals surface area contributed by atoms with Crippen LogP contribution in [-0.4, -0.2) is 40.6 Å². The third kappa shape index (κ3) is 5.83. The minimum Gasteiger partial charge on any atom is -0.462 e. The number of hydrogen-bond acceptors (Lipinski definition) is 8. The summed E-state index contributed by atoms with van der Waals surface area (Å²) in [6.07, 6.45) is 1.19. The molecule has 32 heavy (non-hydrogen) atoms. The van der Waals surface area contributed by atoms with Gasteiger partial charge < -0.3 is 15.4 Å². The number of pyridine rings is 2. The van der Waals surface area contributed by atoms with Crippen LogP contribution in [-0.2, 0) is 4.74 Å². The van der Waals surface area contributed by atoms with Crippen LogP contribution in [0.4, 0.5) is 17.3 Å². The van der Waals surface area contributed by atoms with E-state index in [1.165, 1.54) is 18.3 Å². The van der Waals surface area contributed by atoms with Gasteiger partial charge in [0, 0.05) is 29.7 Å². The van der Waals surface area contributed by atoms with Crippen LogP contribution in [0.15, 0.2) is 48.7 Å². The zero-order valence-corrected chi connectivity index (χ0v) is 18.5. The molecular weight excluding hydrogens is 457 g/mol. The molecule has 0 fully saturated rings. The zero-order chi connectivity index (χ0) is 23.1. The first-order chi connectivity index (χ1) is 15.4. The van der Waals surface area contributed by atoms with Gasteiger partial charge >= 0.3 is 5.97 Å². The molecule has 0 unspecified atom stereocenters. The third-order valence-electron chi connectivity index (χ3n) is 4.27. The smallest absolute Gasteiger partial charge is 0.340 e. The lowest BCUT2D eigenvalue weighted by atomic mass is 10.1. The van der Waals surface area contributed by atoms with Crippen LogP contribution in [0.2, 0.25) is 10.0 Å². The van der Waals surface area contributed by atoms with Gasteiger partial charge in [-0.25, -0.2) is 14.8 Å². The number of carbonyl (C=O) groups excluding carboxylic acids is 1. The van der Waals surface area contributed by atoms with Crippen molar-refractivity contribution in [2.75, 3.05) is 30.3 Å². The molecule has 0 atom stereocenters. The van der Waals surface area contributed by atoms with Gasteiger partial charge in [0.05, 0.1) is 27.8 Å². The molecule has 2 aromatic heterocycles. The molecule has 2 heterocycles. The Kier molecular flexibility index (Phi) is 7.80. The Hall–Kier alpha value is -3.43. The second-order valence-electron chi connectivity index (χ2n) is 6.45. The number of carbonyl (C=O) groups is 1. The number of aromatic nitrogens is 2. The molecule has 0 amide bonds. The van der Waals surface area contributed by atoms with Crippen molar-refractivity contribution < 1.29 is 14.5 Å². The highest BCUT2D eigenvalue weighted by Crippen LogP contribution is 2.32. The van der Waals surface area contributed by atoms with E-state index in [9.17, 15) is 14.9 Å². The number of hydrogen-bond donors (Lipinski definition) is 2. The first kappa shape index (κ1) is 23.2. The lowest BCUT2D eigenvalue weighted by Crippen LogP contribution is -2.16. The number of rotatable bonds is 9. The van der Waals surface area contributed by atoms with Gasteiger partial charge in [-0.1, -0.05) is 23.2 Å². The van der Waals surface area contributed by atoms with E-state index in [-0.39, 0.29) is 17.9 Å². The molecule has 0 aliphatic heterocycles. The Morgan fingerprint density at radius 2 is 1.81 bits per heavy atom. The van der Waals surface area contributed by atoms with E-state index >= 15 is 0 Å². The molecule has 1 aromatic carbocycles. The molecule has 3 aromatic rings. The summed E-state index contributed by atoms with van der Waals surface area (Å²) in [6.45, 7) is 2.90.